The molecule has 4 N–H and O–H groups in total. The van der Waals surface area contributed by atoms with E-state index >= 15 is 0 Å². The van der Waals surface area contributed by atoms with Gasteiger partial charge in [0.05, 0.1) is 14.2 Å². The molecule has 2 atom stereocenters. The van der Waals surface area contributed by atoms with Gasteiger partial charge in [0.15, 0.2) is 0 Å². The van der Waals surface area contributed by atoms with E-state index < -0.39 is 11.9 Å². The molecule has 1 heterocycles. The van der Waals surface area contributed by atoms with Gasteiger partial charge in [0, 0.05) is 14.2 Å². The van der Waals surface area contributed by atoms with E-state index in [0.717, 1.165) is 5.06 Å². The summed E-state index contributed by atoms with van der Waals surface area (Å²) in [6.07, 6.45) is 0. The molecule has 2 unspecified atom stereocenters. The summed E-state index contributed by atoms with van der Waals surface area (Å²) in [5.41, 5.74) is 12.0. The van der Waals surface area contributed by atoms with E-state index in [0.29, 0.717) is 5.84 Å². The van der Waals surface area contributed by atoms with Gasteiger partial charge in [0.25, 0.3) is 0 Å². The quantitative estimate of drug-likeness (QED) is 0.584. The standard InChI is InChI=1S/C8H19N5O4/c1-6-11-7(9,14-2)13(17-5)8(10,15-3)12(6)16-4/h9-10H2,1-5H3. The minimum Gasteiger partial charge on any atom is -0.330 e. The normalized spacial score (nSPS) is 35.0. The van der Waals surface area contributed by atoms with E-state index in [-0.39, 0.29) is 0 Å². The summed E-state index contributed by atoms with van der Waals surface area (Å²) in [6.45, 7) is 1.65. The number of rotatable bonds is 4. The summed E-state index contributed by atoms with van der Waals surface area (Å²) in [5, 5.41) is 2.25. The Morgan fingerprint density at radius 2 is 1.65 bits per heavy atom. The van der Waals surface area contributed by atoms with Crippen LogP contribution in [0.1, 0.15) is 6.92 Å². The maximum absolute atomic E-state index is 6.05. The fraction of sp³-hybridized carbons (Fsp3) is 0.875. The van der Waals surface area contributed by atoms with Gasteiger partial charge in [-0.15, -0.1) is 0 Å². The first-order valence-electron chi connectivity index (χ1n) is 4.83. The van der Waals surface area contributed by atoms with E-state index in [2.05, 4.69) is 4.99 Å². The lowest BCUT2D eigenvalue weighted by Gasteiger charge is -2.51. The highest BCUT2D eigenvalue weighted by atomic mass is 16.8. The number of nitrogens with two attached hydrogens (primary N) is 2. The van der Waals surface area contributed by atoms with Crippen molar-refractivity contribution in [1.29, 1.82) is 0 Å². The Hall–Kier alpha value is -0.810. The van der Waals surface area contributed by atoms with E-state index in [1.807, 2.05) is 0 Å². The van der Waals surface area contributed by atoms with Crippen molar-refractivity contribution in [1.82, 2.24) is 10.1 Å². The summed E-state index contributed by atoms with van der Waals surface area (Å²) in [7, 11) is 5.54. The second kappa shape index (κ2) is 4.82. The molecule has 1 aliphatic heterocycles. The van der Waals surface area contributed by atoms with Crippen LogP contribution in [0.25, 0.3) is 0 Å². The van der Waals surface area contributed by atoms with Crippen molar-refractivity contribution in [2.45, 2.75) is 18.9 Å². The molecule has 0 aromatic rings. The van der Waals surface area contributed by atoms with Crippen LogP contribution in [0.5, 0.6) is 0 Å². The first kappa shape index (κ1) is 14.3. The Morgan fingerprint density at radius 1 is 1.06 bits per heavy atom. The molecule has 17 heavy (non-hydrogen) atoms. The molecule has 0 fully saturated rings. The van der Waals surface area contributed by atoms with Gasteiger partial charge < -0.3 is 9.47 Å². The molecule has 0 aromatic carbocycles. The molecule has 0 amide bonds. The number of hydroxylamine groups is 4. The number of hydrogen-bond donors (Lipinski definition) is 2. The first-order valence-corrected chi connectivity index (χ1v) is 4.83. The van der Waals surface area contributed by atoms with Crippen molar-refractivity contribution < 1.29 is 19.1 Å². The Labute approximate surface area is 99.7 Å². The highest BCUT2D eigenvalue weighted by Gasteiger charge is 2.56. The lowest BCUT2D eigenvalue weighted by Crippen LogP contribution is -2.78. The Kier molecular flexibility index (Phi) is 4.04. The van der Waals surface area contributed by atoms with Gasteiger partial charge in [-0.3, -0.25) is 21.1 Å². The first-order chi connectivity index (χ1) is 7.89. The zero-order valence-corrected chi connectivity index (χ0v) is 10.6. The number of amidine groups is 1. The average molecular weight is 249 g/mol. The molecule has 1 aliphatic rings. The fourth-order valence-electron chi connectivity index (χ4n) is 1.69. The molecule has 100 valence electrons. The van der Waals surface area contributed by atoms with Crippen LogP contribution in [0, 0.1) is 0 Å². The molecule has 0 radical (unpaired) electrons. The van der Waals surface area contributed by atoms with Crippen LogP contribution in [0.4, 0.5) is 0 Å². The van der Waals surface area contributed by atoms with Crippen LogP contribution < -0.4 is 11.5 Å². The van der Waals surface area contributed by atoms with Gasteiger partial charge in [0.2, 0.25) is 0 Å². The number of hydrogen-bond acceptors (Lipinski definition) is 9. The predicted molar refractivity (Wildman–Crippen MR) is 58.7 cm³/mol. The van der Waals surface area contributed by atoms with Crippen molar-refractivity contribution >= 4 is 5.84 Å². The molecule has 0 aromatic heterocycles. The van der Waals surface area contributed by atoms with Crippen LogP contribution in [0.3, 0.4) is 0 Å². The van der Waals surface area contributed by atoms with E-state index in [1.54, 1.807) is 6.92 Å². The van der Waals surface area contributed by atoms with Gasteiger partial charge in [0.1, 0.15) is 5.84 Å². The van der Waals surface area contributed by atoms with Crippen molar-refractivity contribution in [3.05, 3.63) is 0 Å². The Bertz CT molecular complexity index is 314. The third-order valence-corrected chi connectivity index (χ3v) is 2.45. The number of ether oxygens (including phenoxy) is 2. The number of nitrogens with zero attached hydrogens (tertiary/aromatic N) is 3. The smallest absolute Gasteiger partial charge is 0.311 e. The van der Waals surface area contributed by atoms with Crippen molar-refractivity contribution in [2.75, 3.05) is 28.4 Å². The van der Waals surface area contributed by atoms with Crippen LogP contribution >= 0.6 is 0 Å². The van der Waals surface area contributed by atoms with Crippen molar-refractivity contribution in [2.24, 2.45) is 16.5 Å². The summed E-state index contributed by atoms with van der Waals surface area (Å²) in [5.74, 6) is -2.81. The third-order valence-electron chi connectivity index (χ3n) is 2.45. The summed E-state index contributed by atoms with van der Waals surface area (Å²) in [6, 6.07) is 0. The van der Waals surface area contributed by atoms with Gasteiger partial charge in [-0.2, -0.15) is 5.06 Å². The lowest BCUT2D eigenvalue weighted by molar-refractivity contribution is -0.451. The molecule has 9 heteroatoms. The molecule has 0 bridgehead atoms. The summed E-state index contributed by atoms with van der Waals surface area (Å²) >= 11 is 0. The highest BCUT2D eigenvalue weighted by Crippen LogP contribution is 2.29. The van der Waals surface area contributed by atoms with Crippen molar-refractivity contribution in [3.8, 4) is 0 Å². The molecule has 0 saturated heterocycles. The lowest BCUT2D eigenvalue weighted by atomic mass is 10.4. The predicted octanol–water partition coefficient (Wildman–Crippen LogP) is -1.42. The summed E-state index contributed by atoms with van der Waals surface area (Å²) < 4.78 is 10.3. The second-order valence-corrected chi connectivity index (χ2v) is 3.34. The largest absolute Gasteiger partial charge is 0.330 e. The molecule has 0 saturated carbocycles. The van der Waals surface area contributed by atoms with Crippen molar-refractivity contribution in [3.63, 3.8) is 0 Å². The van der Waals surface area contributed by atoms with Crippen LogP contribution in [-0.2, 0) is 19.1 Å². The molecule has 9 nitrogen and oxygen atoms in total. The van der Waals surface area contributed by atoms with Crippen LogP contribution in [0.15, 0.2) is 4.99 Å². The molecule has 0 aliphatic carbocycles. The number of aliphatic imine (C=N–C) groups is 1. The zero-order chi connectivity index (χ0) is 13.3. The SMILES string of the molecule is CON1C(C)=NC(N)(OC)N(OC)C1(N)OC. The van der Waals surface area contributed by atoms with Crippen LogP contribution in [0.2, 0.25) is 0 Å². The maximum atomic E-state index is 6.05. The molecular weight excluding hydrogens is 230 g/mol. The zero-order valence-electron chi connectivity index (χ0n) is 10.6. The molecule has 0 spiro atoms. The van der Waals surface area contributed by atoms with Gasteiger partial charge >= 0.3 is 11.9 Å². The van der Waals surface area contributed by atoms with E-state index in [1.165, 1.54) is 33.5 Å². The minimum absolute atomic E-state index is 0.384. The number of methoxy groups -OCH3 is 2. The second-order valence-electron chi connectivity index (χ2n) is 3.34. The Balaban J connectivity index is 3.31. The topological polar surface area (TPSA) is 108 Å². The van der Waals surface area contributed by atoms with Gasteiger partial charge in [-0.05, 0) is 6.92 Å². The van der Waals surface area contributed by atoms with Gasteiger partial charge in [-0.1, -0.05) is 5.06 Å². The monoisotopic (exact) mass is 249 g/mol. The fourth-order valence-corrected chi connectivity index (χ4v) is 1.69. The van der Waals surface area contributed by atoms with Crippen LogP contribution in [-0.4, -0.2) is 56.3 Å². The third kappa shape index (κ3) is 2.02. The van der Waals surface area contributed by atoms with E-state index in [9.17, 15) is 0 Å². The minimum atomic E-state index is -1.60. The maximum Gasteiger partial charge on any atom is 0.311 e. The van der Waals surface area contributed by atoms with E-state index in [4.69, 9.17) is 30.6 Å². The highest BCUT2D eigenvalue weighted by molar-refractivity contribution is 5.80. The molecular formula is C8H19N5O4. The average Bonchev–Trinajstić information content (AvgIpc) is 2.29. The molecule has 1 rings (SSSR count). The summed E-state index contributed by atoms with van der Waals surface area (Å²) in [4.78, 5) is 14.3. The van der Waals surface area contributed by atoms with Gasteiger partial charge in [-0.25, -0.2) is 4.99 Å². The Morgan fingerprint density at radius 3 is 2.00 bits per heavy atom.